The number of likely N-dealkylation sites (tertiary alicyclic amines) is 1. The predicted octanol–water partition coefficient (Wildman–Crippen LogP) is 3.92. The van der Waals surface area contributed by atoms with E-state index in [2.05, 4.69) is 43.9 Å². The fourth-order valence-corrected chi connectivity index (χ4v) is 4.67. The van der Waals surface area contributed by atoms with Gasteiger partial charge in [0, 0.05) is 25.4 Å². The molecule has 1 aromatic heterocycles. The molecule has 0 atom stereocenters. The summed E-state index contributed by atoms with van der Waals surface area (Å²) in [6.07, 6.45) is 2.53. The van der Waals surface area contributed by atoms with Gasteiger partial charge in [-0.15, -0.1) is 10.2 Å². The van der Waals surface area contributed by atoms with E-state index in [1.807, 2.05) is 30.3 Å². The lowest BCUT2D eigenvalue weighted by molar-refractivity contribution is 0.0827. The molecule has 0 aliphatic carbocycles. The first kappa shape index (κ1) is 21.6. The number of carbonyl (C=O) groups is 1. The molecule has 1 saturated heterocycles. The van der Waals surface area contributed by atoms with Crippen LogP contribution in [-0.2, 0) is 18.8 Å². The lowest BCUT2D eigenvalue weighted by Gasteiger charge is -2.16. The fourth-order valence-electron chi connectivity index (χ4n) is 3.76. The van der Waals surface area contributed by atoms with Gasteiger partial charge in [0.25, 0.3) is 5.91 Å². The van der Waals surface area contributed by atoms with Gasteiger partial charge < -0.3 is 9.47 Å². The second-order valence-corrected chi connectivity index (χ2v) is 9.08. The molecule has 0 radical (unpaired) electrons. The molecule has 3 aromatic rings. The number of thioether (sulfide) groups is 1. The molecule has 1 aliphatic heterocycles. The molecule has 1 fully saturated rings. The standard InChI is InChI=1S/C24H29N5OS/c1-27(2)23(30)21-12-10-20(11-13-21)18-31-24-26-25-22(17-28-14-6-7-15-28)29(24)16-19-8-4-3-5-9-19/h3-5,8-13H,6-7,14-18H2,1-2H3. The summed E-state index contributed by atoms with van der Waals surface area (Å²) in [6.45, 7) is 3.90. The molecule has 6 nitrogen and oxygen atoms in total. The van der Waals surface area contributed by atoms with Crippen LogP contribution in [0.5, 0.6) is 0 Å². The van der Waals surface area contributed by atoms with Crippen LogP contribution in [0.4, 0.5) is 0 Å². The average Bonchev–Trinajstić information content (AvgIpc) is 3.44. The molecule has 4 rings (SSSR count). The minimum Gasteiger partial charge on any atom is -0.345 e. The van der Waals surface area contributed by atoms with Gasteiger partial charge >= 0.3 is 0 Å². The SMILES string of the molecule is CN(C)C(=O)c1ccc(CSc2nnc(CN3CCCC3)n2Cc2ccccc2)cc1. The molecule has 162 valence electrons. The Morgan fingerprint density at radius 3 is 2.32 bits per heavy atom. The molecule has 0 unspecified atom stereocenters. The largest absolute Gasteiger partial charge is 0.345 e. The van der Waals surface area contributed by atoms with Crippen LogP contribution < -0.4 is 0 Å². The highest BCUT2D eigenvalue weighted by atomic mass is 32.2. The fraction of sp³-hybridized carbons (Fsp3) is 0.375. The number of rotatable bonds is 8. The zero-order chi connectivity index (χ0) is 21.6. The molecule has 1 amide bonds. The smallest absolute Gasteiger partial charge is 0.253 e. The maximum absolute atomic E-state index is 12.1. The van der Waals surface area contributed by atoms with Crippen LogP contribution in [0.3, 0.4) is 0 Å². The van der Waals surface area contributed by atoms with Gasteiger partial charge in [-0.05, 0) is 49.2 Å². The number of hydrogen-bond acceptors (Lipinski definition) is 5. The second-order valence-electron chi connectivity index (χ2n) is 8.14. The number of aromatic nitrogens is 3. The van der Waals surface area contributed by atoms with Gasteiger partial charge in [0.05, 0.1) is 13.1 Å². The number of hydrogen-bond donors (Lipinski definition) is 0. The van der Waals surface area contributed by atoms with Gasteiger partial charge in [0.15, 0.2) is 5.16 Å². The van der Waals surface area contributed by atoms with E-state index < -0.39 is 0 Å². The average molecular weight is 436 g/mol. The third-order valence-corrected chi connectivity index (χ3v) is 6.55. The van der Waals surface area contributed by atoms with E-state index in [9.17, 15) is 4.79 Å². The maximum atomic E-state index is 12.1. The Balaban J connectivity index is 1.49. The Morgan fingerprint density at radius 2 is 1.65 bits per heavy atom. The van der Waals surface area contributed by atoms with Crippen molar-refractivity contribution in [1.82, 2.24) is 24.6 Å². The molecule has 0 N–H and O–H groups in total. The van der Waals surface area contributed by atoms with Crippen LogP contribution in [0.2, 0.25) is 0 Å². The van der Waals surface area contributed by atoms with Crippen LogP contribution in [-0.4, -0.2) is 57.7 Å². The Kier molecular flexibility index (Phi) is 7.04. The van der Waals surface area contributed by atoms with E-state index >= 15 is 0 Å². The van der Waals surface area contributed by atoms with Crippen LogP contribution in [0.1, 0.15) is 40.2 Å². The number of carbonyl (C=O) groups excluding carboxylic acids is 1. The monoisotopic (exact) mass is 435 g/mol. The van der Waals surface area contributed by atoms with Crippen molar-refractivity contribution in [3.8, 4) is 0 Å². The van der Waals surface area contributed by atoms with E-state index in [0.717, 1.165) is 48.5 Å². The van der Waals surface area contributed by atoms with Gasteiger partial charge in [0.1, 0.15) is 5.82 Å². The minimum atomic E-state index is 0.0216. The van der Waals surface area contributed by atoms with Crippen LogP contribution >= 0.6 is 11.8 Å². The van der Waals surface area contributed by atoms with Crippen molar-refractivity contribution in [1.29, 1.82) is 0 Å². The first-order chi connectivity index (χ1) is 15.1. The Bertz CT molecular complexity index is 995. The molecule has 0 saturated carbocycles. The Morgan fingerprint density at radius 1 is 0.935 bits per heavy atom. The summed E-state index contributed by atoms with van der Waals surface area (Å²) in [5.74, 6) is 1.83. The molecule has 0 bridgehead atoms. The van der Waals surface area contributed by atoms with Gasteiger partial charge in [-0.3, -0.25) is 9.69 Å². The first-order valence-corrected chi connectivity index (χ1v) is 11.7. The van der Waals surface area contributed by atoms with E-state index in [1.165, 1.54) is 18.4 Å². The third kappa shape index (κ3) is 5.54. The Hall–Kier alpha value is -2.64. The number of nitrogens with zero attached hydrogens (tertiary/aromatic N) is 5. The molecular formula is C24H29N5OS. The number of amides is 1. The van der Waals surface area contributed by atoms with E-state index in [-0.39, 0.29) is 5.91 Å². The lowest BCUT2D eigenvalue weighted by Crippen LogP contribution is -2.21. The minimum absolute atomic E-state index is 0.0216. The van der Waals surface area contributed by atoms with Crippen LogP contribution in [0.15, 0.2) is 59.8 Å². The van der Waals surface area contributed by atoms with Crippen molar-refractivity contribution in [2.45, 2.75) is 36.8 Å². The van der Waals surface area contributed by atoms with E-state index in [1.54, 1.807) is 30.8 Å². The number of benzene rings is 2. The molecule has 7 heteroatoms. The quantitative estimate of drug-likeness (QED) is 0.502. The summed E-state index contributed by atoms with van der Waals surface area (Å²) in [7, 11) is 3.54. The van der Waals surface area contributed by atoms with E-state index in [4.69, 9.17) is 0 Å². The zero-order valence-electron chi connectivity index (χ0n) is 18.2. The van der Waals surface area contributed by atoms with Gasteiger partial charge in [-0.2, -0.15) is 0 Å². The summed E-state index contributed by atoms with van der Waals surface area (Å²) in [6, 6.07) is 18.3. The summed E-state index contributed by atoms with van der Waals surface area (Å²) in [5.41, 5.74) is 3.12. The van der Waals surface area contributed by atoms with Crippen molar-refractivity contribution < 1.29 is 4.79 Å². The van der Waals surface area contributed by atoms with Crippen molar-refractivity contribution in [3.63, 3.8) is 0 Å². The second kappa shape index (κ2) is 10.1. The Labute approximate surface area is 188 Å². The summed E-state index contributed by atoms with van der Waals surface area (Å²) in [4.78, 5) is 16.1. The molecule has 2 aromatic carbocycles. The molecule has 31 heavy (non-hydrogen) atoms. The predicted molar refractivity (Wildman–Crippen MR) is 124 cm³/mol. The van der Waals surface area contributed by atoms with Crippen molar-refractivity contribution in [3.05, 3.63) is 77.1 Å². The highest BCUT2D eigenvalue weighted by Gasteiger charge is 2.19. The van der Waals surface area contributed by atoms with Crippen molar-refractivity contribution in [2.75, 3.05) is 27.2 Å². The highest BCUT2D eigenvalue weighted by molar-refractivity contribution is 7.98. The normalized spacial score (nSPS) is 14.1. The zero-order valence-corrected chi connectivity index (χ0v) is 19.0. The van der Waals surface area contributed by atoms with Crippen molar-refractivity contribution >= 4 is 17.7 Å². The summed E-state index contributed by atoms with van der Waals surface area (Å²) >= 11 is 1.69. The van der Waals surface area contributed by atoms with Gasteiger partial charge in [-0.25, -0.2) is 0 Å². The topological polar surface area (TPSA) is 54.3 Å². The molecular weight excluding hydrogens is 406 g/mol. The lowest BCUT2D eigenvalue weighted by atomic mass is 10.1. The first-order valence-electron chi connectivity index (χ1n) is 10.7. The summed E-state index contributed by atoms with van der Waals surface area (Å²) < 4.78 is 2.25. The highest BCUT2D eigenvalue weighted by Crippen LogP contribution is 2.24. The van der Waals surface area contributed by atoms with Crippen LogP contribution in [0.25, 0.3) is 0 Å². The van der Waals surface area contributed by atoms with Crippen molar-refractivity contribution in [2.24, 2.45) is 0 Å². The molecule has 1 aliphatic rings. The molecule has 2 heterocycles. The maximum Gasteiger partial charge on any atom is 0.253 e. The van der Waals surface area contributed by atoms with Gasteiger partial charge in [-0.1, -0.05) is 54.2 Å². The van der Waals surface area contributed by atoms with E-state index in [0.29, 0.717) is 5.56 Å². The third-order valence-electron chi connectivity index (χ3n) is 5.52. The van der Waals surface area contributed by atoms with Crippen LogP contribution in [0, 0.1) is 0 Å². The molecule has 0 spiro atoms. The van der Waals surface area contributed by atoms with Gasteiger partial charge in [0.2, 0.25) is 0 Å². The summed E-state index contributed by atoms with van der Waals surface area (Å²) in [5, 5.41) is 10.0.